The maximum absolute atomic E-state index is 13.1. The van der Waals surface area contributed by atoms with E-state index in [1.54, 1.807) is 16.6 Å². The van der Waals surface area contributed by atoms with E-state index in [1.165, 1.54) is 24.0 Å². The number of anilines is 1. The van der Waals surface area contributed by atoms with Crippen LogP contribution in [0.3, 0.4) is 0 Å². The summed E-state index contributed by atoms with van der Waals surface area (Å²) in [5.74, 6) is -0.128. The maximum atomic E-state index is 13.1. The van der Waals surface area contributed by atoms with Crippen molar-refractivity contribution in [3.05, 3.63) is 46.3 Å². The monoisotopic (exact) mass is 421 g/mol. The molecule has 2 aliphatic heterocycles. The van der Waals surface area contributed by atoms with Gasteiger partial charge in [-0.05, 0) is 31.0 Å². The van der Waals surface area contributed by atoms with Crippen LogP contribution in [0, 0.1) is 6.92 Å². The summed E-state index contributed by atoms with van der Waals surface area (Å²) in [5, 5.41) is 7.10. The van der Waals surface area contributed by atoms with Gasteiger partial charge in [0.2, 0.25) is 0 Å². The fourth-order valence-corrected chi connectivity index (χ4v) is 3.95. The molecule has 0 aliphatic carbocycles. The van der Waals surface area contributed by atoms with Crippen LogP contribution in [-0.2, 0) is 25.7 Å². The van der Waals surface area contributed by atoms with E-state index in [2.05, 4.69) is 10.4 Å². The predicted molar refractivity (Wildman–Crippen MR) is 103 cm³/mol. The van der Waals surface area contributed by atoms with Gasteiger partial charge in [-0.1, -0.05) is 6.07 Å². The molecule has 4 rings (SSSR count). The Bertz CT molecular complexity index is 1010. The van der Waals surface area contributed by atoms with Crippen LogP contribution in [0.25, 0.3) is 0 Å². The Labute approximate surface area is 171 Å². The van der Waals surface area contributed by atoms with Gasteiger partial charge in [-0.25, -0.2) is 4.79 Å². The number of hydrogen-bond donors (Lipinski definition) is 1. The molecule has 3 amide bonds. The summed E-state index contributed by atoms with van der Waals surface area (Å²) in [5.41, 5.74) is 1.40. The van der Waals surface area contributed by atoms with Crippen molar-refractivity contribution in [3.63, 3.8) is 0 Å². The second kappa shape index (κ2) is 7.33. The number of alkyl halides is 3. The first-order valence-electron chi connectivity index (χ1n) is 9.73. The van der Waals surface area contributed by atoms with Crippen LogP contribution in [0.1, 0.15) is 39.3 Å². The van der Waals surface area contributed by atoms with Crippen molar-refractivity contribution in [2.45, 2.75) is 39.0 Å². The number of urea groups is 1. The molecular formula is C20H22F3N5O2. The van der Waals surface area contributed by atoms with Crippen LogP contribution in [0.4, 0.5) is 23.7 Å². The molecule has 0 bridgehead atoms. The fourth-order valence-electron chi connectivity index (χ4n) is 3.95. The molecule has 0 saturated carbocycles. The van der Waals surface area contributed by atoms with E-state index in [1.807, 2.05) is 0 Å². The summed E-state index contributed by atoms with van der Waals surface area (Å²) in [6.07, 6.45) is -3.20. The molecule has 160 valence electrons. The number of carbonyl (C=O) groups is 2. The number of fused-ring (bicyclic) bond motifs is 3. The lowest BCUT2D eigenvalue weighted by Crippen LogP contribution is -2.39. The highest BCUT2D eigenvalue weighted by Gasteiger charge is 2.34. The molecule has 0 radical (unpaired) electrons. The van der Waals surface area contributed by atoms with Crippen LogP contribution >= 0.6 is 0 Å². The quantitative estimate of drug-likeness (QED) is 0.768. The zero-order valence-electron chi connectivity index (χ0n) is 16.7. The zero-order valence-corrected chi connectivity index (χ0v) is 16.7. The highest BCUT2D eigenvalue weighted by molar-refractivity contribution is 5.95. The van der Waals surface area contributed by atoms with E-state index >= 15 is 0 Å². The van der Waals surface area contributed by atoms with Gasteiger partial charge in [-0.2, -0.15) is 18.3 Å². The molecule has 1 aromatic heterocycles. The molecule has 0 spiro atoms. The van der Waals surface area contributed by atoms with Gasteiger partial charge in [0.05, 0.1) is 17.8 Å². The van der Waals surface area contributed by atoms with Crippen molar-refractivity contribution in [1.82, 2.24) is 19.6 Å². The Morgan fingerprint density at radius 1 is 1.20 bits per heavy atom. The summed E-state index contributed by atoms with van der Waals surface area (Å²) in [4.78, 5) is 28.6. The normalized spacial score (nSPS) is 16.8. The Kier molecular flexibility index (Phi) is 4.95. The number of aryl methyl sites for hydroxylation is 2. The van der Waals surface area contributed by atoms with Crippen LogP contribution in [-0.4, -0.2) is 51.7 Å². The minimum atomic E-state index is -4.49. The lowest BCUT2D eigenvalue weighted by Gasteiger charge is -2.27. The summed E-state index contributed by atoms with van der Waals surface area (Å²) in [6, 6.07) is 3.21. The van der Waals surface area contributed by atoms with E-state index in [0.717, 1.165) is 23.7 Å². The minimum absolute atomic E-state index is 0.0772. The third-order valence-electron chi connectivity index (χ3n) is 5.60. The van der Waals surface area contributed by atoms with Crippen LogP contribution < -0.4 is 5.32 Å². The number of nitrogens with one attached hydrogen (secondary N) is 1. The molecule has 30 heavy (non-hydrogen) atoms. The first kappa shape index (κ1) is 20.2. The van der Waals surface area contributed by atoms with Crippen molar-refractivity contribution in [1.29, 1.82) is 0 Å². The first-order chi connectivity index (χ1) is 14.1. The number of benzene rings is 1. The second-order valence-electron chi connectivity index (χ2n) is 7.71. The summed E-state index contributed by atoms with van der Waals surface area (Å²) in [7, 11) is 1.74. The van der Waals surface area contributed by atoms with Crippen LogP contribution in [0.2, 0.25) is 0 Å². The topological polar surface area (TPSA) is 70.5 Å². The summed E-state index contributed by atoms with van der Waals surface area (Å²) in [6.45, 7) is 3.20. The van der Waals surface area contributed by atoms with Gasteiger partial charge in [-0.3, -0.25) is 9.48 Å². The number of halogens is 3. The van der Waals surface area contributed by atoms with Gasteiger partial charge < -0.3 is 15.1 Å². The van der Waals surface area contributed by atoms with Crippen molar-refractivity contribution in [3.8, 4) is 0 Å². The third kappa shape index (κ3) is 3.61. The molecule has 3 heterocycles. The van der Waals surface area contributed by atoms with E-state index < -0.39 is 17.8 Å². The lowest BCUT2D eigenvalue weighted by atomic mass is 10.0. The van der Waals surface area contributed by atoms with Crippen molar-refractivity contribution in [2.75, 3.05) is 25.5 Å². The fraction of sp³-hybridized carbons (Fsp3) is 0.450. The maximum Gasteiger partial charge on any atom is 0.416 e. The van der Waals surface area contributed by atoms with E-state index in [0.29, 0.717) is 31.7 Å². The summed E-state index contributed by atoms with van der Waals surface area (Å²) >= 11 is 0. The standard InChI is InChI=1S/C20H22F3N5O2/c1-12-4-5-13(10-15(12)20(21,22)23)24-19(30)27-9-6-16-14(11-27)17-18(29)26(2)7-3-8-28(17)25-16/h4-5,10H,3,6-9,11H2,1-2H3,(H,24,30). The zero-order chi connectivity index (χ0) is 21.6. The average Bonchev–Trinajstić information content (AvgIpc) is 2.98. The Balaban J connectivity index is 1.55. The molecule has 0 atom stereocenters. The molecule has 0 saturated heterocycles. The van der Waals surface area contributed by atoms with Gasteiger partial charge in [0.15, 0.2) is 0 Å². The molecule has 0 fully saturated rings. The number of rotatable bonds is 1. The smallest absolute Gasteiger partial charge is 0.340 e. The highest BCUT2D eigenvalue weighted by Crippen LogP contribution is 2.33. The number of carbonyl (C=O) groups excluding carboxylic acids is 2. The number of amides is 3. The minimum Gasteiger partial charge on any atom is -0.340 e. The van der Waals surface area contributed by atoms with Gasteiger partial charge in [0, 0.05) is 44.4 Å². The first-order valence-corrected chi connectivity index (χ1v) is 9.73. The predicted octanol–water partition coefficient (Wildman–Crippen LogP) is 3.28. The molecule has 2 aromatic rings. The van der Waals surface area contributed by atoms with E-state index in [-0.39, 0.29) is 23.7 Å². The van der Waals surface area contributed by atoms with Gasteiger partial charge >= 0.3 is 12.2 Å². The van der Waals surface area contributed by atoms with Gasteiger partial charge in [0.25, 0.3) is 5.91 Å². The third-order valence-corrected chi connectivity index (χ3v) is 5.60. The molecule has 0 unspecified atom stereocenters. The Hall–Kier alpha value is -3.04. The molecular weight excluding hydrogens is 399 g/mol. The van der Waals surface area contributed by atoms with Crippen LogP contribution in [0.15, 0.2) is 18.2 Å². The van der Waals surface area contributed by atoms with E-state index in [4.69, 9.17) is 0 Å². The Morgan fingerprint density at radius 2 is 1.97 bits per heavy atom. The SMILES string of the molecule is Cc1ccc(NC(=O)N2CCc3nn4c(c3C2)C(=O)N(C)CCC4)cc1C(F)(F)F. The number of hydrogen-bond acceptors (Lipinski definition) is 3. The molecule has 10 heteroatoms. The van der Waals surface area contributed by atoms with Crippen molar-refractivity contribution >= 4 is 17.6 Å². The van der Waals surface area contributed by atoms with Gasteiger partial charge in [0.1, 0.15) is 5.69 Å². The largest absolute Gasteiger partial charge is 0.416 e. The highest BCUT2D eigenvalue weighted by atomic mass is 19.4. The number of nitrogens with zero attached hydrogens (tertiary/aromatic N) is 4. The second-order valence-corrected chi connectivity index (χ2v) is 7.71. The van der Waals surface area contributed by atoms with Crippen molar-refractivity contribution in [2.24, 2.45) is 0 Å². The van der Waals surface area contributed by atoms with Gasteiger partial charge in [-0.15, -0.1) is 0 Å². The van der Waals surface area contributed by atoms with E-state index in [9.17, 15) is 22.8 Å². The molecule has 2 aliphatic rings. The Morgan fingerprint density at radius 3 is 2.70 bits per heavy atom. The molecule has 1 aromatic carbocycles. The van der Waals surface area contributed by atoms with Crippen LogP contribution in [0.5, 0.6) is 0 Å². The number of aromatic nitrogens is 2. The molecule has 1 N–H and O–H groups in total. The lowest BCUT2D eigenvalue weighted by molar-refractivity contribution is -0.138. The average molecular weight is 421 g/mol. The summed E-state index contributed by atoms with van der Waals surface area (Å²) < 4.78 is 41.1. The molecule has 7 nitrogen and oxygen atoms in total. The van der Waals surface area contributed by atoms with Crippen molar-refractivity contribution < 1.29 is 22.8 Å².